The van der Waals surface area contributed by atoms with Crippen molar-refractivity contribution >= 4 is 5.91 Å². The van der Waals surface area contributed by atoms with Gasteiger partial charge >= 0.3 is 0 Å². The highest BCUT2D eigenvalue weighted by Gasteiger charge is 2.22. The van der Waals surface area contributed by atoms with Crippen LogP contribution in [0.3, 0.4) is 0 Å². The number of amides is 1. The third-order valence-electron chi connectivity index (χ3n) is 3.90. The van der Waals surface area contributed by atoms with Gasteiger partial charge in [0.15, 0.2) is 0 Å². The van der Waals surface area contributed by atoms with Crippen molar-refractivity contribution in [3.8, 4) is 0 Å². The van der Waals surface area contributed by atoms with Gasteiger partial charge in [-0.05, 0) is 26.7 Å². The first-order valence-electron chi connectivity index (χ1n) is 7.13. The normalized spacial score (nSPS) is 17.1. The predicted octanol–water partition coefficient (Wildman–Crippen LogP) is 1.50. The molecule has 0 spiro atoms. The van der Waals surface area contributed by atoms with Gasteiger partial charge in [-0.2, -0.15) is 5.10 Å². The lowest BCUT2D eigenvalue weighted by atomic mass is 10.0. The quantitative estimate of drug-likeness (QED) is 0.848. The Morgan fingerprint density at radius 1 is 1.50 bits per heavy atom. The minimum atomic E-state index is -0.00560. The standard InChI is InChI=1S/C15H24N4O/c1-11(2)10-19-7-5-13(6-8-19)17-15(20)14-9-16-18(4)12(14)3/h9,13H,1,5-8,10H2,2-4H3,(H,17,20). The van der Waals surface area contributed by atoms with Crippen LogP contribution in [0.25, 0.3) is 0 Å². The fourth-order valence-corrected chi connectivity index (χ4v) is 2.60. The van der Waals surface area contributed by atoms with E-state index in [4.69, 9.17) is 0 Å². The van der Waals surface area contributed by atoms with E-state index in [-0.39, 0.29) is 11.9 Å². The van der Waals surface area contributed by atoms with Crippen LogP contribution in [0.4, 0.5) is 0 Å². The first-order chi connectivity index (χ1) is 9.47. The van der Waals surface area contributed by atoms with Crippen molar-refractivity contribution in [3.05, 3.63) is 29.6 Å². The highest BCUT2D eigenvalue weighted by molar-refractivity contribution is 5.95. The molecule has 0 bridgehead atoms. The SMILES string of the molecule is C=C(C)CN1CCC(NC(=O)c2cnn(C)c2C)CC1. The topological polar surface area (TPSA) is 50.2 Å². The molecule has 0 aromatic carbocycles. The fraction of sp³-hybridized carbons (Fsp3) is 0.600. The molecule has 2 rings (SSSR count). The number of carbonyl (C=O) groups excluding carboxylic acids is 1. The summed E-state index contributed by atoms with van der Waals surface area (Å²) in [6.07, 6.45) is 3.64. The molecular weight excluding hydrogens is 252 g/mol. The molecule has 1 amide bonds. The van der Waals surface area contributed by atoms with Gasteiger partial charge in [-0.1, -0.05) is 12.2 Å². The molecule has 0 radical (unpaired) electrons. The number of nitrogens with one attached hydrogen (secondary N) is 1. The van der Waals surface area contributed by atoms with E-state index in [0.717, 1.165) is 38.2 Å². The van der Waals surface area contributed by atoms with Crippen LogP contribution in [0, 0.1) is 6.92 Å². The highest BCUT2D eigenvalue weighted by Crippen LogP contribution is 2.13. The monoisotopic (exact) mass is 276 g/mol. The summed E-state index contributed by atoms with van der Waals surface area (Å²) in [5, 5.41) is 7.23. The summed E-state index contributed by atoms with van der Waals surface area (Å²) in [6, 6.07) is 0.267. The molecule has 1 fully saturated rings. The van der Waals surface area contributed by atoms with Crippen LogP contribution in [0.1, 0.15) is 35.8 Å². The lowest BCUT2D eigenvalue weighted by Gasteiger charge is -2.32. The van der Waals surface area contributed by atoms with Crippen LogP contribution < -0.4 is 5.32 Å². The van der Waals surface area contributed by atoms with Gasteiger partial charge in [-0.3, -0.25) is 14.4 Å². The molecule has 1 aromatic rings. The molecule has 0 saturated carbocycles. The molecule has 0 aliphatic carbocycles. The molecule has 1 aliphatic rings. The summed E-state index contributed by atoms with van der Waals surface area (Å²) in [4.78, 5) is 14.6. The number of aryl methyl sites for hydroxylation is 1. The zero-order valence-electron chi connectivity index (χ0n) is 12.6. The van der Waals surface area contributed by atoms with Gasteiger partial charge in [0.25, 0.3) is 5.91 Å². The minimum absolute atomic E-state index is 0.00560. The van der Waals surface area contributed by atoms with E-state index in [2.05, 4.69) is 28.8 Å². The molecule has 5 nitrogen and oxygen atoms in total. The molecule has 1 aliphatic heterocycles. The van der Waals surface area contributed by atoms with E-state index >= 15 is 0 Å². The van der Waals surface area contributed by atoms with E-state index < -0.39 is 0 Å². The van der Waals surface area contributed by atoms with Crippen molar-refractivity contribution in [3.63, 3.8) is 0 Å². The molecule has 1 N–H and O–H groups in total. The largest absolute Gasteiger partial charge is 0.349 e. The number of nitrogens with zero attached hydrogens (tertiary/aromatic N) is 3. The van der Waals surface area contributed by atoms with Gasteiger partial charge in [-0.15, -0.1) is 0 Å². The van der Waals surface area contributed by atoms with Crippen LogP contribution in [-0.2, 0) is 7.05 Å². The van der Waals surface area contributed by atoms with Crippen molar-refractivity contribution in [1.82, 2.24) is 20.0 Å². The van der Waals surface area contributed by atoms with Gasteiger partial charge in [0.2, 0.25) is 0 Å². The molecule has 1 aromatic heterocycles. The van der Waals surface area contributed by atoms with E-state index in [9.17, 15) is 4.79 Å². The molecule has 20 heavy (non-hydrogen) atoms. The van der Waals surface area contributed by atoms with Crippen LogP contribution >= 0.6 is 0 Å². The van der Waals surface area contributed by atoms with Gasteiger partial charge in [0.05, 0.1) is 11.8 Å². The van der Waals surface area contributed by atoms with Crippen molar-refractivity contribution in [2.75, 3.05) is 19.6 Å². The number of hydrogen-bond acceptors (Lipinski definition) is 3. The van der Waals surface area contributed by atoms with E-state index in [1.54, 1.807) is 10.9 Å². The van der Waals surface area contributed by atoms with E-state index in [1.165, 1.54) is 5.57 Å². The number of aromatic nitrogens is 2. The summed E-state index contributed by atoms with van der Waals surface area (Å²) in [6.45, 7) is 10.9. The average Bonchev–Trinajstić information content (AvgIpc) is 2.72. The smallest absolute Gasteiger partial charge is 0.254 e. The zero-order chi connectivity index (χ0) is 14.7. The molecular formula is C15H24N4O. The summed E-state index contributed by atoms with van der Waals surface area (Å²) >= 11 is 0. The first kappa shape index (κ1) is 14.8. The van der Waals surface area contributed by atoms with Crippen molar-refractivity contribution in [2.24, 2.45) is 7.05 Å². The Morgan fingerprint density at radius 3 is 2.65 bits per heavy atom. The molecule has 0 atom stereocenters. The molecule has 110 valence electrons. The summed E-state index contributed by atoms with van der Waals surface area (Å²) in [5.41, 5.74) is 2.78. The Labute approximate surface area is 120 Å². The maximum Gasteiger partial charge on any atom is 0.254 e. The second-order valence-electron chi connectivity index (χ2n) is 5.75. The maximum atomic E-state index is 12.2. The van der Waals surface area contributed by atoms with Crippen molar-refractivity contribution in [2.45, 2.75) is 32.7 Å². The van der Waals surface area contributed by atoms with E-state index in [1.807, 2.05) is 14.0 Å². The van der Waals surface area contributed by atoms with Crippen molar-refractivity contribution in [1.29, 1.82) is 0 Å². The van der Waals surface area contributed by atoms with Gasteiger partial charge < -0.3 is 5.32 Å². The van der Waals surface area contributed by atoms with Crippen LogP contribution in [0.15, 0.2) is 18.3 Å². The van der Waals surface area contributed by atoms with Crippen LogP contribution in [0.5, 0.6) is 0 Å². The Bertz CT molecular complexity index is 498. The molecule has 1 saturated heterocycles. The number of carbonyl (C=O) groups is 1. The highest BCUT2D eigenvalue weighted by atomic mass is 16.1. The van der Waals surface area contributed by atoms with Crippen LogP contribution in [0.2, 0.25) is 0 Å². The summed E-state index contributed by atoms with van der Waals surface area (Å²) < 4.78 is 1.73. The number of likely N-dealkylation sites (tertiary alicyclic amines) is 1. The lowest BCUT2D eigenvalue weighted by molar-refractivity contribution is 0.0912. The second kappa shape index (κ2) is 6.22. The lowest BCUT2D eigenvalue weighted by Crippen LogP contribution is -2.45. The number of hydrogen-bond donors (Lipinski definition) is 1. The molecule has 0 unspecified atom stereocenters. The Kier molecular flexibility index (Phi) is 4.60. The second-order valence-corrected chi connectivity index (χ2v) is 5.75. The molecule has 5 heteroatoms. The van der Waals surface area contributed by atoms with Crippen LogP contribution in [-0.4, -0.2) is 46.3 Å². The number of piperidine rings is 1. The Balaban J connectivity index is 1.85. The Hall–Kier alpha value is -1.62. The van der Waals surface area contributed by atoms with E-state index in [0.29, 0.717) is 5.56 Å². The fourth-order valence-electron chi connectivity index (χ4n) is 2.60. The van der Waals surface area contributed by atoms with Crippen molar-refractivity contribution < 1.29 is 4.79 Å². The predicted molar refractivity (Wildman–Crippen MR) is 79.7 cm³/mol. The summed E-state index contributed by atoms with van der Waals surface area (Å²) in [5.74, 6) is -0.00560. The summed E-state index contributed by atoms with van der Waals surface area (Å²) in [7, 11) is 1.85. The third kappa shape index (κ3) is 3.48. The van der Waals surface area contributed by atoms with Gasteiger partial charge in [0.1, 0.15) is 0 Å². The maximum absolute atomic E-state index is 12.2. The Morgan fingerprint density at radius 2 is 2.15 bits per heavy atom. The van der Waals surface area contributed by atoms with Gasteiger partial charge in [-0.25, -0.2) is 0 Å². The average molecular weight is 276 g/mol. The zero-order valence-corrected chi connectivity index (χ0v) is 12.6. The third-order valence-corrected chi connectivity index (χ3v) is 3.90. The van der Waals surface area contributed by atoms with Gasteiger partial charge in [0, 0.05) is 38.4 Å². The number of rotatable bonds is 4. The first-order valence-corrected chi connectivity index (χ1v) is 7.13. The minimum Gasteiger partial charge on any atom is -0.349 e. The molecule has 2 heterocycles.